The summed E-state index contributed by atoms with van der Waals surface area (Å²) in [6, 6.07) is 6.50. The van der Waals surface area contributed by atoms with Crippen molar-refractivity contribution >= 4 is 5.97 Å². The number of aliphatic hydroxyl groups is 1. The maximum atomic E-state index is 14.5. The summed E-state index contributed by atoms with van der Waals surface area (Å²) in [4.78, 5) is 16.4. The summed E-state index contributed by atoms with van der Waals surface area (Å²) in [6.07, 6.45) is 0.803. The highest BCUT2D eigenvalue weighted by molar-refractivity contribution is 5.90. The van der Waals surface area contributed by atoms with E-state index in [-0.39, 0.29) is 36.7 Å². The van der Waals surface area contributed by atoms with Crippen LogP contribution in [0.4, 0.5) is 4.39 Å². The molecule has 1 atom stereocenters. The Bertz CT molecular complexity index is 806. The molecule has 0 saturated carbocycles. The minimum atomic E-state index is -0.589. The van der Waals surface area contributed by atoms with Crippen LogP contribution in [0.5, 0.6) is 5.88 Å². The quantitative estimate of drug-likeness (QED) is 0.863. The van der Waals surface area contributed by atoms with Gasteiger partial charge < -0.3 is 14.6 Å². The molecule has 2 heterocycles. The fourth-order valence-corrected chi connectivity index (χ4v) is 2.93. The first-order chi connectivity index (χ1) is 12.0. The molecule has 25 heavy (non-hydrogen) atoms. The summed E-state index contributed by atoms with van der Waals surface area (Å²) in [5.74, 6) is -0.702. The molecule has 1 aromatic carbocycles. The summed E-state index contributed by atoms with van der Waals surface area (Å²) in [6.45, 7) is 3.59. The van der Waals surface area contributed by atoms with Crippen LogP contribution >= 0.6 is 0 Å². The Balaban J connectivity index is 2.15. The van der Waals surface area contributed by atoms with E-state index in [9.17, 15) is 14.3 Å². The number of aryl methyl sites for hydroxylation is 1. The molecule has 0 unspecified atom stereocenters. The van der Waals surface area contributed by atoms with E-state index >= 15 is 0 Å². The SMILES string of the molecule is CCOC(=O)c1cc(-c2ccc(C)cc2F)c2c(n1)O[C@H](CO)CC2. The molecule has 0 saturated heterocycles. The topological polar surface area (TPSA) is 68.7 Å². The van der Waals surface area contributed by atoms with E-state index in [1.165, 1.54) is 6.07 Å². The van der Waals surface area contributed by atoms with E-state index in [1.54, 1.807) is 19.1 Å². The van der Waals surface area contributed by atoms with Crippen molar-refractivity contribution in [1.82, 2.24) is 4.98 Å². The van der Waals surface area contributed by atoms with Crippen LogP contribution in [0.1, 0.15) is 35.0 Å². The van der Waals surface area contributed by atoms with Gasteiger partial charge in [-0.05, 0) is 49.9 Å². The largest absolute Gasteiger partial charge is 0.472 e. The average molecular weight is 345 g/mol. The normalized spacial score (nSPS) is 16.1. The minimum absolute atomic E-state index is 0.0640. The van der Waals surface area contributed by atoms with E-state index < -0.39 is 5.97 Å². The number of benzene rings is 1. The summed E-state index contributed by atoms with van der Waals surface area (Å²) in [7, 11) is 0. The Kier molecular flexibility index (Phi) is 4.99. The van der Waals surface area contributed by atoms with Crippen molar-refractivity contribution in [2.24, 2.45) is 0 Å². The van der Waals surface area contributed by atoms with E-state index in [4.69, 9.17) is 9.47 Å². The van der Waals surface area contributed by atoms with Crippen LogP contribution in [-0.4, -0.2) is 35.4 Å². The number of carbonyl (C=O) groups excluding carboxylic acids is 1. The van der Waals surface area contributed by atoms with Crippen LogP contribution in [-0.2, 0) is 11.2 Å². The Morgan fingerprint density at radius 2 is 2.20 bits per heavy atom. The lowest BCUT2D eigenvalue weighted by atomic mass is 9.93. The van der Waals surface area contributed by atoms with Crippen molar-refractivity contribution in [1.29, 1.82) is 0 Å². The zero-order valence-electron chi connectivity index (χ0n) is 14.2. The molecule has 2 aromatic rings. The van der Waals surface area contributed by atoms with Gasteiger partial charge in [0.05, 0.1) is 13.2 Å². The molecule has 1 aliphatic rings. The molecule has 0 radical (unpaired) electrons. The van der Waals surface area contributed by atoms with Gasteiger partial charge in [-0.15, -0.1) is 0 Å². The van der Waals surface area contributed by atoms with Gasteiger partial charge in [-0.3, -0.25) is 0 Å². The maximum absolute atomic E-state index is 14.5. The second kappa shape index (κ2) is 7.19. The smallest absolute Gasteiger partial charge is 0.357 e. The predicted molar refractivity (Wildman–Crippen MR) is 90.1 cm³/mol. The number of aliphatic hydroxyl groups excluding tert-OH is 1. The van der Waals surface area contributed by atoms with Crippen LogP contribution in [0.3, 0.4) is 0 Å². The number of ether oxygens (including phenoxy) is 2. The maximum Gasteiger partial charge on any atom is 0.357 e. The number of aromatic nitrogens is 1. The van der Waals surface area contributed by atoms with Crippen molar-refractivity contribution in [2.45, 2.75) is 32.8 Å². The van der Waals surface area contributed by atoms with Gasteiger partial charge in [-0.2, -0.15) is 0 Å². The lowest BCUT2D eigenvalue weighted by Gasteiger charge is -2.26. The molecule has 0 bridgehead atoms. The lowest BCUT2D eigenvalue weighted by Crippen LogP contribution is -2.27. The molecule has 1 aliphatic heterocycles. The van der Waals surface area contributed by atoms with Crippen molar-refractivity contribution in [2.75, 3.05) is 13.2 Å². The zero-order chi connectivity index (χ0) is 18.0. The molecule has 6 heteroatoms. The molecule has 3 rings (SSSR count). The van der Waals surface area contributed by atoms with Gasteiger partial charge in [0.25, 0.3) is 0 Å². The summed E-state index contributed by atoms with van der Waals surface area (Å²) in [5.41, 5.74) is 2.57. The van der Waals surface area contributed by atoms with E-state index in [1.807, 2.05) is 13.0 Å². The summed E-state index contributed by atoms with van der Waals surface area (Å²) in [5, 5.41) is 9.34. The van der Waals surface area contributed by atoms with Crippen LogP contribution in [0.25, 0.3) is 11.1 Å². The van der Waals surface area contributed by atoms with Gasteiger partial charge in [-0.25, -0.2) is 14.2 Å². The van der Waals surface area contributed by atoms with Crippen LogP contribution in [0.15, 0.2) is 24.3 Å². The molecule has 0 fully saturated rings. The number of hydrogen-bond donors (Lipinski definition) is 1. The first-order valence-electron chi connectivity index (χ1n) is 8.28. The Labute approximate surface area is 145 Å². The number of halogens is 1. The second-order valence-corrected chi connectivity index (χ2v) is 6.00. The van der Waals surface area contributed by atoms with Crippen LogP contribution < -0.4 is 4.74 Å². The molecule has 0 spiro atoms. The summed E-state index contributed by atoms with van der Waals surface area (Å²) < 4.78 is 25.2. The van der Waals surface area contributed by atoms with Gasteiger partial charge in [0.15, 0.2) is 5.69 Å². The number of carbonyl (C=O) groups is 1. The molecule has 5 nitrogen and oxygen atoms in total. The van der Waals surface area contributed by atoms with E-state index in [2.05, 4.69) is 4.98 Å². The van der Waals surface area contributed by atoms with E-state index in [0.717, 1.165) is 11.1 Å². The van der Waals surface area contributed by atoms with Crippen molar-refractivity contribution in [3.8, 4) is 17.0 Å². The molecule has 1 aromatic heterocycles. The van der Waals surface area contributed by atoms with Gasteiger partial charge in [0.2, 0.25) is 5.88 Å². The fourth-order valence-electron chi connectivity index (χ4n) is 2.93. The number of esters is 1. The Morgan fingerprint density at radius 3 is 2.88 bits per heavy atom. The van der Waals surface area contributed by atoms with Crippen LogP contribution in [0, 0.1) is 12.7 Å². The van der Waals surface area contributed by atoms with Gasteiger partial charge in [-0.1, -0.05) is 12.1 Å². The zero-order valence-corrected chi connectivity index (χ0v) is 14.2. The van der Waals surface area contributed by atoms with Gasteiger partial charge >= 0.3 is 5.97 Å². The van der Waals surface area contributed by atoms with Crippen molar-refractivity contribution in [3.05, 3.63) is 46.9 Å². The third-order valence-electron chi connectivity index (χ3n) is 4.18. The van der Waals surface area contributed by atoms with Crippen molar-refractivity contribution in [3.63, 3.8) is 0 Å². The van der Waals surface area contributed by atoms with E-state index in [0.29, 0.717) is 24.0 Å². The second-order valence-electron chi connectivity index (χ2n) is 6.00. The van der Waals surface area contributed by atoms with Crippen LogP contribution in [0.2, 0.25) is 0 Å². The molecule has 1 N–H and O–H groups in total. The highest BCUT2D eigenvalue weighted by Gasteiger charge is 2.27. The first-order valence-corrected chi connectivity index (χ1v) is 8.28. The molecule has 132 valence electrons. The van der Waals surface area contributed by atoms with Gasteiger partial charge in [0.1, 0.15) is 11.9 Å². The third kappa shape index (κ3) is 3.49. The minimum Gasteiger partial charge on any atom is -0.472 e. The number of rotatable bonds is 4. The summed E-state index contributed by atoms with van der Waals surface area (Å²) >= 11 is 0. The standard InChI is InChI=1S/C19H20FNO4/c1-3-24-19(23)17-9-15(13-6-4-11(2)8-16(13)20)14-7-5-12(10-22)25-18(14)21-17/h4,6,8-9,12,22H,3,5,7,10H2,1-2H3/t12-/m0/s1. The lowest BCUT2D eigenvalue weighted by molar-refractivity contribution is 0.0514. The molecule has 0 amide bonds. The van der Waals surface area contributed by atoms with Gasteiger partial charge in [0, 0.05) is 11.1 Å². The Morgan fingerprint density at radius 1 is 1.40 bits per heavy atom. The number of hydrogen-bond acceptors (Lipinski definition) is 5. The molecule has 0 aliphatic carbocycles. The molecular formula is C19H20FNO4. The monoisotopic (exact) mass is 345 g/mol. The predicted octanol–water partition coefficient (Wildman–Crippen LogP) is 3.06. The number of fused-ring (bicyclic) bond motifs is 1. The molecular weight excluding hydrogens is 325 g/mol. The number of pyridine rings is 1. The third-order valence-corrected chi connectivity index (χ3v) is 4.18. The number of nitrogens with zero attached hydrogens (tertiary/aromatic N) is 1. The Hall–Kier alpha value is -2.47. The highest BCUT2D eigenvalue weighted by atomic mass is 19.1. The highest BCUT2D eigenvalue weighted by Crippen LogP contribution is 2.36. The average Bonchev–Trinajstić information content (AvgIpc) is 2.60. The fraction of sp³-hybridized carbons (Fsp3) is 0.368. The first kappa shape index (κ1) is 17.4. The van der Waals surface area contributed by atoms with Crippen molar-refractivity contribution < 1.29 is 23.8 Å².